The van der Waals surface area contributed by atoms with Crippen molar-refractivity contribution in [3.05, 3.63) is 52.5 Å². The zero-order valence-electron chi connectivity index (χ0n) is 12.7. The third kappa shape index (κ3) is 3.28. The number of carbonyl (C=O) groups excluding carboxylic acids is 2. The molecule has 1 heterocycles. The predicted molar refractivity (Wildman–Crippen MR) is 80.9 cm³/mol. The van der Waals surface area contributed by atoms with Gasteiger partial charge in [0, 0.05) is 5.56 Å². The van der Waals surface area contributed by atoms with Crippen LogP contribution in [-0.4, -0.2) is 18.9 Å². The molecule has 0 saturated heterocycles. The summed E-state index contributed by atoms with van der Waals surface area (Å²) >= 11 is 0. The molecule has 6 nitrogen and oxygen atoms in total. The number of nitrogens with one attached hydrogen (secondary N) is 1. The van der Waals surface area contributed by atoms with Crippen molar-refractivity contribution in [3.63, 3.8) is 0 Å². The number of nitrogens with two attached hydrogens (primary N) is 1. The molecule has 2 rings (SSSR count). The number of hydrogen-bond acceptors (Lipinski definition) is 4. The highest BCUT2D eigenvalue weighted by molar-refractivity contribution is 5.95. The lowest BCUT2D eigenvalue weighted by atomic mass is 10.1. The van der Waals surface area contributed by atoms with Crippen molar-refractivity contribution in [2.45, 2.75) is 20.4 Å². The highest BCUT2D eigenvalue weighted by Gasteiger charge is 2.12. The minimum atomic E-state index is -0.640. The van der Waals surface area contributed by atoms with E-state index < -0.39 is 5.91 Å². The van der Waals surface area contributed by atoms with Crippen molar-refractivity contribution in [1.82, 2.24) is 5.32 Å². The molecule has 3 N–H and O–H groups in total. The number of methoxy groups -OCH3 is 1. The summed E-state index contributed by atoms with van der Waals surface area (Å²) < 4.78 is 10.5. The van der Waals surface area contributed by atoms with Gasteiger partial charge < -0.3 is 20.2 Å². The van der Waals surface area contributed by atoms with Crippen LogP contribution in [0.3, 0.4) is 0 Å². The molecule has 0 saturated carbocycles. The summed E-state index contributed by atoms with van der Waals surface area (Å²) in [5.41, 5.74) is 7.42. The Bertz CT molecular complexity index is 696. The summed E-state index contributed by atoms with van der Waals surface area (Å²) in [6.45, 7) is 3.94. The highest BCUT2D eigenvalue weighted by Crippen LogP contribution is 2.24. The van der Waals surface area contributed by atoms with Crippen LogP contribution in [0.4, 0.5) is 0 Å². The molecule has 0 atom stereocenters. The Morgan fingerprint density at radius 3 is 2.36 bits per heavy atom. The van der Waals surface area contributed by atoms with Gasteiger partial charge in [0.25, 0.3) is 11.8 Å². The second-order valence-corrected chi connectivity index (χ2v) is 4.96. The van der Waals surface area contributed by atoms with E-state index in [-0.39, 0.29) is 18.2 Å². The molecule has 0 aliphatic heterocycles. The lowest BCUT2D eigenvalue weighted by molar-refractivity contribution is 0.0947. The first kappa shape index (κ1) is 15.6. The van der Waals surface area contributed by atoms with Crippen LogP contribution in [0.15, 0.2) is 28.7 Å². The van der Waals surface area contributed by atoms with Crippen LogP contribution in [0.1, 0.15) is 37.8 Å². The van der Waals surface area contributed by atoms with E-state index >= 15 is 0 Å². The molecule has 0 fully saturated rings. The summed E-state index contributed by atoms with van der Waals surface area (Å²) in [6.07, 6.45) is 0. The SMILES string of the molecule is COc1c(C)cc(C(=O)NCc2ccc(C(N)=O)o2)cc1C. The fourth-order valence-corrected chi connectivity index (χ4v) is 2.28. The van der Waals surface area contributed by atoms with Gasteiger partial charge in [-0.25, -0.2) is 0 Å². The number of benzene rings is 1. The summed E-state index contributed by atoms with van der Waals surface area (Å²) in [7, 11) is 1.60. The Morgan fingerprint density at radius 1 is 1.23 bits per heavy atom. The van der Waals surface area contributed by atoms with Crippen molar-refractivity contribution in [3.8, 4) is 5.75 Å². The molecule has 1 aromatic carbocycles. The van der Waals surface area contributed by atoms with Gasteiger partial charge in [0.15, 0.2) is 5.76 Å². The number of primary amides is 1. The van der Waals surface area contributed by atoms with Crippen LogP contribution >= 0.6 is 0 Å². The average Bonchev–Trinajstić information content (AvgIpc) is 2.93. The molecule has 0 spiro atoms. The van der Waals surface area contributed by atoms with Crippen LogP contribution in [0.2, 0.25) is 0 Å². The molecule has 0 bridgehead atoms. The zero-order valence-corrected chi connectivity index (χ0v) is 12.7. The molecule has 2 aromatic rings. The maximum Gasteiger partial charge on any atom is 0.284 e. The zero-order chi connectivity index (χ0) is 16.3. The Morgan fingerprint density at radius 2 is 1.86 bits per heavy atom. The molecule has 22 heavy (non-hydrogen) atoms. The molecule has 0 aliphatic rings. The summed E-state index contributed by atoms with van der Waals surface area (Å²) in [5, 5.41) is 2.73. The Hall–Kier alpha value is -2.76. The summed E-state index contributed by atoms with van der Waals surface area (Å²) in [6, 6.07) is 6.60. The van der Waals surface area contributed by atoms with Gasteiger partial charge in [-0.1, -0.05) is 0 Å². The predicted octanol–water partition coefficient (Wildman–Crippen LogP) is 1.93. The largest absolute Gasteiger partial charge is 0.496 e. The first-order valence-corrected chi connectivity index (χ1v) is 6.74. The van der Waals surface area contributed by atoms with Crippen LogP contribution in [-0.2, 0) is 6.54 Å². The molecule has 1 aromatic heterocycles. The average molecular weight is 302 g/mol. The van der Waals surface area contributed by atoms with Gasteiger partial charge in [-0.2, -0.15) is 0 Å². The number of hydrogen-bond donors (Lipinski definition) is 2. The van der Waals surface area contributed by atoms with E-state index in [1.54, 1.807) is 25.3 Å². The van der Waals surface area contributed by atoms with Crippen molar-refractivity contribution >= 4 is 11.8 Å². The van der Waals surface area contributed by atoms with Gasteiger partial charge in [0.1, 0.15) is 11.5 Å². The molecular formula is C16H18N2O4. The number of amides is 2. The molecule has 116 valence electrons. The van der Waals surface area contributed by atoms with Crippen molar-refractivity contribution in [1.29, 1.82) is 0 Å². The number of ether oxygens (including phenoxy) is 1. The molecule has 0 aliphatic carbocycles. The van der Waals surface area contributed by atoms with E-state index in [0.717, 1.165) is 16.9 Å². The second kappa shape index (κ2) is 6.34. The lowest BCUT2D eigenvalue weighted by Gasteiger charge is -2.11. The van der Waals surface area contributed by atoms with Crippen LogP contribution in [0.25, 0.3) is 0 Å². The molecule has 0 unspecified atom stereocenters. The second-order valence-electron chi connectivity index (χ2n) is 4.96. The fourth-order valence-electron chi connectivity index (χ4n) is 2.28. The third-order valence-corrected chi connectivity index (χ3v) is 3.25. The van der Waals surface area contributed by atoms with E-state index in [4.69, 9.17) is 14.9 Å². The molecular weight excluding hydrogens is 284 g/mol. The van der Waals surface area contributed by atoms with Gasteiger partial charge in [-0.15, -0.1) is 0 Å². The van der Waals surface area contributed by atoms with Gasteiger partial charge in [-0.3, -0.25) is 9.59 Å². The number of aryl methyl sites for hydroxylation is 2. The number of carbonyl (C=O) groups is 2. The van der Waals surface area contributed by atoms with Crippen molar-refractivity contribution in [2.75, 3.05) is 7.11 Å². The first-order valence-electron chi connectivity index (χ1n) is 6.74. The fraction of sp³-hybridized carbons (Fsp3) is 0.250. The van der Waals surface area contributed by atoms with Crippen LogP contribution in [0, 0.1) is 13.8 Å². The van der Waals surface area contributed by atoms with E-state index in [9.17, 15) is 9.59 Å². The number of furan rings is 1. The van der Waals surface area contributed by atoms with E-state index in [1.807, 2.05) is 13.8 Å². The Labute approximate surface area is 128 Å². The maximum absolute atomic E-state index is 12.2. The van der Waals surface area contributed by atoms with Crippen LogP contribution in [0.5, 0.6) is 5.75 Å². The smallest absolute Gasteiger partial charge is 0.284 e. The Kier molecular flexibility index (Phi) is 4.50. The third-order valence-electron chi connectivity index (χ3n) is 3.25. The summed E-state index contributed by atoms with van der Waals surface area (Å²) in [4.78, 5) is 23.1. The minimum Gasteiger partial charge on any atom is -0.496 e. The quantitative estimate of drug-likeness (QED) is 0.882. The first-order chi connectivity index (χ1) is 10.4. The number of rotatable bonds is 5. The monoisotopic (exact) mass is 302 g/mol. The maximum atomic E-state index is 12.2. The normalized spacial score (nSPS) is 10.3. The van der Waals surface area contributed by atoms with E-state index in [1.165, 1.54) is 6.07 Å². The topological polar surface area (TPSA) is 94.6 Å². The van der Waals surface area contributed by atoms with Crippen molar-refractivity contribution < 1.29 is 18.7 Å². The highest BCUT2D eigenvalue weighted by atomic mass is 16.5. The molecule has 6 heteroatoms. The minimum absolute atomic E-state index is 0.0698. The lowest BCUT2D eigenvalue weighted by Crippen LogP contribution is -2.22. The molecule has 2 amide bonds. The van der Waals surface area contributed by atoms with Gasteiger partial charge >= 0.3 is 0 Å². The molecule has 0 radical (unpaired) electrons. The van der Waals surface area contributed by atoms with E-state index in [0.29, 0.717) is 11.3 Å². The Balaban J connectivity index is 2.07. The van der Waals surface area contributed by atoms with Crippen molar-refractivity contribution in [2.24, 2.45) is 5.73 Å². The van der Waals surface area contributed by atoms with Gasteiger partial charge in [0.05, 0.1) is 13.7 Å². The standard InChI is InChI=1S/C16H18N2O4/c1-9-6-11(7-10(2)14(9)21-3)16(20)18-8-12-4-5-13(22-12)15(17)19/h4-7H,8H2,1-3H3,(H2,17,19)(H,18,20). The van der Waals surface area contributed by atoms with E-state index in [2.05, 4.69) is 5.32 Å². The van der Waals surface area contributed by atoms with Gasteiger partial charge in [0.2, 0.25) is 0 Å². The van der Waals surface area contributed by atoms with Crippen LogP contribution < -0.4 is 15.8 Å². The van der Waals surface area contributed by atoms with Gasteiger partial charge in [-0.05, 0) is 49.2 Å². The summed E-state index contributed by atoms with van der Waals surface area (Å²) in [5.74, 6) is 0.433.